The maximum absolute atomic E-state index is 3.74. The molecular formula is C11H22N2. The van der Waals surface area contributed by atoms with Gasteiger partial charge in [0.2, 0.25) is 0 Å². The molecule has 0 amide bonds. The van der Waals surface area contributed by atoms with Crippen molar-refractivity contribution in [3.05, 3.63) is 0 Å². The van der Waals surface area contributed by atoms with Crippen LogP contribution in [0.5, 0.6) is 0 Å². The van der Waals surface area contributed by atoms with Crippen molar-refractivity contribution in [2.75, 3.05) is 20.6 Å². The van der Waals surface area contributed by atoms with E-state index in [2.05, 4.69) is 31.2 Å². The molecule has 2 fully saturated rings. The average molecular weight is 182 g/mol. The molecular weight excluding hydrogens is 160 g/mol. The summed E-state index contributed by atoms with van der Waals surface area (Å²) in [5, 5.41) is 3.74. The number of hydrogen-bond donors (Lipinski definition) is 1. The molecule has 2 nitrogen and oxygen atoms in total. The molecule has 2 aliphatic carbocycles. The Balaban J connectivity index is 1.82. The fourth-order valence-electron chi connectivity index (χ4n) is 2.30. The summed E-state index contributed by atoms with van der Waals surface area (Å²) in [6, 6.07) is 1.58. The highest BCUT2D eigenvalue weighted by Gasteiger charge is 2.48. The van der Waals surface area contributed by atoms with Crippen molar-refractivity contribution in [1.29, 1.82) is 0 Å². The molecule has 1 atom stereocenters. The quantitative estimate of drug-likeness (QED) is 0.692. The van der Waals surface area contributed by atoms with Gasteiger partial charge in [-0.15, -0.1) is 0 Å². The second kappa shape index (κ2) is 3.25. The predicted molar refractivity (Wildman–Crippen MR) is 55.8 cm³/mol. The topological polar surface area (TPSA) is 15.3 Å². The molecule has 0 saturated heterocycles. The third-order valence-corrected chi connectivity index (χ3v) is 3.50. The summed E-state index contributed by atoms with van der Waals surface area (Å²) in [5.74, 6) is 0. The zero-order valence-electron chi connectivity index (χ0n) is 9.14. The van der Waals surface area contributed by atoms with Crippen LogP contribution >= 0.6 is 0 Å². The highest BCUT2D eigenvalue weighted by Crippen LogP contribution is 2.49. The van der Waals surface area contributed by atoms with Gasteiger partial charge in [0.05, 0.1) is 0 Å². The number of nitrogens with one attached hydrogen (secondary N) is 1. The van der Waals surface area contributed by atoms with Gasteiger partial charge in [-0.3, -0.25) is 0 Å². The van der Waals surface area contributed by atoms with Gasteiger partial charge in [-0.05, 0) is 52.1 Å². The Morgan fingerprint density at radius 3 is 2.38 bits per heavy atom. The van der Waals surface area contributed by atoms with Crippen LogP contribution in [0.4, 0.5) is 0 Å². The molecule has 0 bridgehead atoms. The summed E-state index contributed by atoms with van der Waals surface area (Å²) in [4.78, 5) is 2.33. The molecule has 1 unspecified atom stereocenters. The lowest BCUT2D eigenvalue weighted by molar-refractivity contribution is 0.251. The first-order valence-electron chi connectivity index (χ1n) is 5.53. The standard InChI is InChI=1S/C11H22N2/c1-9(12-10-4-5-10)11(6-7-11)8-13(2)3/h9-10,12H,4-8H2,1-3H3. The highest BCUT2D eigenvalue weighted by atomic mass is 15.1. The van der Waals surface area contributed by atoms with E-state index < -0.39 is 0 Å². The van der Waals surface area contributed by atoms with Crippen LogP contribution in [0, 0.1) is 5.41 Å². The first-order chi connectivity index (χ1) is 6.12. The summed E-state index contributed by atoms with van der Waals surface area (Å²) >= 11 is 0. The van der Waals surface area contributed by atoms with Crippen LogP contribution < -0.4 is 5.32 Å². The number of rotatable bonds is 5. The molecule has 0 radical (unpaired) electrons. The summed E-state index contributed by atoms with van der Waals surface area (Å²) in [5.41, 5.74) is 0.617. The molecule has 0 aliphatic heterocycles. The van der Waals surface area contributed by atoms with Gasteiger partial charge >= 0.3 is 0 Å². The van der Waals surface area contributed by atoms with E-state index in [1.807, 2.05) is 0 Å². The van der Waals surface area contributed by atoms with Gasteiger partial charge in [-0.25, -0.2) is 0 Å². The Morgan fingerprint density at radius 2 is 2.00 bits per heavy atom. The maximum atomic E-state index is 3.74. The maximum Gasteiger partial charge on any atom is 0.0110 e. The molecule has 1 N–H and O–H groups in total. The minimum absolute atomic E-state index is 0.617. The Kier molecular flexibility index (Phi) is 2.37. The average Bonchev–Trinajstić information content (AvgIpc) is 2.81. The Hall–Kier alpha value is -0.0800. The van der Waals surface area contributed by atoms with Crippen LogP contribution in [0.25, 0.3) is 0 Å². The summed E-state index contributed by atoms with van der Waals surface area (Å²) in [7, 11) is 4.37. The summed E-state index contributed by atoms with van der Waals surface area (Å²) < 4.78 is 0. The van der Waals surface area contributed by atoms with E-state index in [1.54, 1.807) is 0 Å². The Bertz CT molecular complexity index is 181. The van der Waals surface area contributed by atoms with Crippen LogP contribution in [0.15, 0.2) is 0 Å². The zero-order chi connectivity index (χ0) is 9.47. The number of nitrogens with zero attached hydrogens (tertiary/aromatic N) is 1. The van der Waals surface area contributed by atoms with Gasteiger partial charge in [0.25, 0.3) is 0 Å². The monoisotopic (exact) mass is 182 g/mol. The van der Waals surface area contributed by atoms with Crippen molar-refractivity contribution < 1.29 is 0 Å². The lowest BCUT2D eigenvalue weighted by Gasteiger charge is -2.27. The SMILES string of the molecule is CC(NC1CC1)C1(CN(C)C)CC1. The first kappa shape index (κ1) is 9.47. The van der Waals surface area contributed by atoms with E-state index in [-0.39, 0.29) is 0 Å². The van der Waals surface area contributed by atoms with Gasteiger partial charge in [-0.2, -0.15) is 0 Å². The molecule has 0 aromatic carbocycles. The molecule has 13 heavy (non-hydrogen) atoms. The van der Waals surface area contributed by atoms with Gasteiger partial charge in [0.15, 0.2) is 0 Å². The van der Waals surface area contributed by atoms with E-state index >= 15 is 0 Å². The van der Waals surface area contributed by atoms with Crippen molar-refractivity contribution in [2.24, 2.45) is 5.41 Å². The smallest absolute Gasteiger partial charge is 0.0110 e. The Morgan fingerprint density at radius 1 is 1.38 bits per heavy atom. The van der Waals surface area contributed by atoms with Crippen LogP contribution in [0.2, 0.25) is 0 Å². The molecule has 76 valence electrons. The lowest BCUT2D eigenvalue weighted by atomic mass is 9.97. The molecule has 0 spiro atoms. The fraction of sp³-hybridized carbons (Fsp3) is 1.00. The largest absolute Gasteiger partial charge is 0.311 e. The van der Waals surface area contributed by atoms with Crippen LogP contribution in [0.3, 0.4) is 0 Å². The van der Waals surface area contributed by atoms with E-state index in [0.717, 1.165) is 12.1 Å². The van der Waals surface area contributed by atoms with Crippen LogP contribution in [-0.2, 0) is 0 Å². The third kappa shape index (κ3) is 2.23. The molecule has 0 aromatic rings. The normalized spacial score (nSPS) is 27.7. The fourth-order valence-corrected chi connectivity index (χ4v) is 2.30. The molecule has 0 heterocycles. The number of hydrogen-bond acceptors (Lipinski definition) is 2. The summed E-state index contributed by atoms with van der Waals surface area (Å²) in [6.07, 6.45) is 5.66. The summed E-state index contributed by atoms with van der Waals surface area (Å²) in [6.45, 7) is 3.63. The minimum atomic E-state index is 0.617. The molecule has 2 saturated carbocycles. The van der Waals surface area contributed by atoms with Gasteiger partial charge in [-0.1, -0.05) is 0 Å². The van der Waals surface area contributed by atoms with Crippen LogP contribution in [0.1, 0.15) is 32.6 Å². The van der Waals surface area contributed by atoms with Crippen molar-refractivity contribution >= 4 is 0 Å². The van der Waals surface area contributed by atoms with Crippen molar-refractivity contribution in [1.82, 2.24) is 10.2 Å². The molecule has 2 aliphatic rings. The zero-order valence-corrected chi connectivity index (χ0v) is 9.14. The third-order valence-electron chi connectivity index (χ3n) is 3.50. The van der Waals surface area contributed by atoms with E-state index in [1.165, 1.54) is 32.2 Å². The molecule has 2 rings (SSSR count). The van der Waals surface area contributed by atoms with E-state index in [9.17, 15) is 0 Å². The second-order valence-electron chi connectivity index (χ2n) is 5.26. The highest BCUT2D eigenvalue weighted by molar-refractivity contribution is 5.03. The van der Waals surface area contributed by atoms with Gasteiger partial charge in [0, 0.05) is 18.6 Å². The van der Waals surface area contributed by atoms with Crippen molar-refractivity contribution in [3.8, 4) is 0 Å². The lowest BCUT2D eigenvalue weighted by Crippen LogP contribution is -2.41. The van der Waals surface area contributed by atoms with E-state index in [0.29, 0.717) is 5.41 Å². The molecule has 2 heteroatoms. The first-order valence-corrected chi connectivity index (χ1v) is 5.53. The second-order valence-corrected chi connectivity index (χ2v) is 5.26. The van der Waals surface area contributed by atoms with Crippen molar-refractivity contribution in [3.63, 3.8) is 0 Å². The predicted octanol–water partition coefficient (Wildman–Crippen LogP) is 1.47. The molecule has 0 aromatic heterocycles. The van der Waals surface area contributed by atoms with E-state index in [4.69, 9.17) is 0 Å². The van der Waals surface area contributed by atoms with Crippen molar-refractivity contribution in [2.45, 2.75) is 44.7 Å². The Labute approximate surface area is 81.7 Å². The minimum Gasteiger partial charge on any atom is -0.311 e. The van der Waals surface area contributed by atoms with Gasteiger partial charge < -0.3 is 10.2 Å². The van der Waals surface area contributed by atoms with Crippen LogP contribution in [-0.4, -0.2) is 37.6 Å². The van der Waals surface area contributed by atoms with Gasteiger partial charge in [0.1, 0.15) is 0 Å².